The predicted molar refractivity (Wildman–Crippen MR) is 98.0 cm³/mol. The van der Waals surface area contributed by atoms with Crippen LogP contribution in [0.15, 0.2) is 46.1 Å². The van der Waals surface area contributed by atoms with E-state index in [2.05, 4.69) is 0 Å². The third-order valence-electron chi connectivity index (χ3n) is 5.38. The molecule has 6 nitrogen and oxygen atoms in total. The third kappa shape index (κ3) is 2.75. The van der Waals surface area contributed by atoms with Gasteiger partial charge in [0.2, 0.25) is 10.0 Å². The number of fused-ring (bicyclic) bond motifs is 4. The Morgan fingerprint density at radius 3 is 2.69 bits per heavy atom. The Hall–Kier alpha value is -2.12. The zero-order chi connectivity index (χ0) is 18.5. The summed E-state index contributed by atoms with van der Waals surface area (Å²) in [5, 5.41) is 0. The number of piperidine rings is 1. The second-order valence-corrected chi connectivity index (χ2v) is 9.08. The Labute approximate surface area is 153 Å². The number of aryl methyl sites for hydroxylation is 1. The highest BCUT2D eigenvalue weighted by molar-refractivity contribution is 7.89. The van der Waals surface area contributed by atoms with Gasteiger partial charge in [-0.2, -0.15) is 4.31 Å². The molecule has 0 aliphatic carbocycles. The van der Waals surface area contributed by atoms with Crippen LogP contribution in [0.4, 0.5) is 0 Å². The maximum atomic E-state index is 13.3. The molecule has 0 radical (unpaired) electrons. The Balaban J connectivity index is 1.73. The highest BCUT2D eigenvalue weighted by Gasteiger charge is 2.40. The molecule has 1 fully saturated rings. The van der Waals surface area contributed by atoms with Gasteiger partial charge in [0.15, 0.2) is 0 Å². The van der Waals surface area contributed by atoms with Crippen molar-refractivity contribution in [2.75, 3.05) is 20.2 Å². The molecule has 1 aromatic carbocycles. The average molecular weight is 374 g/mol. The van der Waals surface area contributed by atoms with Crippen LogP contribution in [-0.4, -0.2) is 37.5 Å². The minimum atomic E-state index is -3.66. The minimum Gasteiger partial charge on any atom is -0.495 e. The van der Waals surface area contributed by atoms with Gasteiger partial charge >= 0.3 is 0 Å². The lowest BCUT2D eigenvalue weighted by atomic mass is 9.84. The summed E-state index contributed by atoms with van der Waals surface area (Å²) in [7, 11) is -2.18. The molecule has 0 unspecified atom stereocenters. The summed E-state index contributed by atoms with van der Waals surface area (Å²) in [5.74, 6) is 0.553. The topological polar surface area (TPSA) is 68.6 Å². The first-order valence-corrected chi connectivity index (χ1v) is 10.2. The molecule has 26 heavy (non-hydrogen) atoms. The van der Waals surface area contributed by atoms with Crippen molar-refractivity contribution < 1.29 is 13.2 Å². The quantitative estimate of drug-likeness (QED) is 0.824. The van der Waals surface area contributed by atoms with Crippen LogP contribution < -0.4 is 10.3 Å². The second kappa shape index (κ2) is 6.25. The highest BCUT2D eigenvalue weighted by atomic mass is 32.2. The molecule has 0 amide bonds. The Morgan fingerprint density at radius 2 is 1.92 bits per heavy atom. The van der Waals surface area contributed by atoms with Gasteiger partial charge in [-0.05, 0) is 43.0 Å². The van der Waals surface area contributed by atoms with E-state index in [1.807, 2.05) is 19.1 Å². The number of aromatic nitrogens is 1. The number of benzene rings is 1. The van der Waals surface area contributed by atoms with E-state index in [4.69, 9.17) is 4.74 Å². The molecule has 1 saturated heterocycles. The number of hydrogen-bond acceptors (Lipinski definition) is 4. The lowest BCUT2D eigenvalue weighted by Crippen LogP contribution is -2.49. The monoisotopic (exact) mass is 374 g/mol. The van der Waals surface area contributed by atoms with E-state index in [9.17, 15) is 13.2 Å². The molecule has 2 aliphatic heterocycles. The summed E-state index contributed by atoms with van der Waals surface area (Å²) in [6.07, 6.45) is 0.917. The molecule has 0 spiro atoms. The molecule has 138 valence electrons. The first-order valence-electron chi connectivity index (χ1n) is 8.74. The number of ether oxygens (including phenoxy) is 1. The predicted octanol–water partition coefficient (Wildman–Crippen LogP) is 1.97. The molecule has 0 N–H and O–H groups in total. The van der Waals surface area contributed by atoms with Gasteiger partial charge in [0, 0.05) is 37.3 Å². The van der Waals surface area contributed by atoms with Crippen molar-refractivity contribution in [1.29, 1.82) is 0 Å². The number of rotatable bonds is 3. The SMILES string of the molecule is COc1ccc(C)cc1S(=O)(=O)N1C[C@H]2C[C@@H](C1)c1cccc(=O)n1C2. The number of sulfonamides is 1. The molecule has 7 heteroatoms. The van der Waals surface area contributed by atoms with Gasteiger partial charge in [-0.15, -0.1) is 0 Å². The first-order chi connectivity index (χ1) is 12.4. The molecule has 2 atom stereocenters. The first kappa shape index (κ1) is 17.3. The van der Waals surface area contributed by atoms with E-state index in [-0.39, 0.29) is 22.3 Å². The molecule has 2 bridgehead atoms. The molecule has 3 heterocycles. The van der Waals surface area contributed by atoms with Gasteiger partial charge < -0.3 is 9.30 Å². The Morgan fingerprint density at radius 1 is 1.12 bits per heavy atom. The van der Waals surface area contributed by atoms with Gasteiger partial charge in [-0.25, -0.2) is 8.42 Å². The lowest BCUT2D eigenvalue weighted by molar-refractivity contribution is 0.186. The number of pyridine rings is 1. The Kier molecular flexibility index (Phi) is 4.16. The van der Waals surface area contributed by atoms with Gasteiger partial charge in [0.1, 0.15) is 10.6 Å². The van der Waals surface area contributed by atoms with E-state index < -0.39 is 10.0 Å². The standard InChI is InChI=1S/C19H22N2O4S/c1-13-6-7-17(25-2)18(8-13)26(23,24)20-10-14-9-15(12-20)16-4-3-5-19(22)21(16)11-14/h3-8,14-15H,9-12H2,1-2H3/t14-,15+/m1/s1. The second-order valence-electron chi connectivity index (χ2n) is 7.17. The average Bonchev–Trinajstić information content (AvgIpc) is 2.62. The van der Waals surface area contributed by atoms with Crippen LogP contribution in [0.25, 0.3) is 0 Å². The molecule has 4 rings (SSSR count). The normalized spacial score (nSPS) is 22.7. The highest BCUT2D eigenvalue weighted by Crippen LogP contribution is 2.38. The van der Waals surface area contributed by atoms with Gasteiger partial charge in [-0.1, -0.05) is 12.1 Å². The molecular weight excluding hydrogens is 352 g/mol. The number of hydrogen-bond donors (Lipinski definition) is 0. The van der Waals surface area contributed by atoms with Crippen LogP contribution >= 0.6 is 0 Å². The van der Waals surface area contributed by atoms with E-state index in [0.717, 1.165) is 17.7 Å². The van der Waals surface area contributed by atoms with Crippen molar-refractivity contribution in [3.8, 4) is 5.75 Å². The van der Waals surface area contributed by atoms with E-state index in [1.165, 1.54) is 7.11 Å². The largest absolute Gasteiger partial charge is 0.495 e. The van der Waals surface area contributed by atoms with Crippen molar-refractivity contribution >= 4 is 10.0 Å². The Bertz CT molecular complexity index is 1010. The summed E-state index contributed by atoms with van der Waals surface area (Å²) < 4.78 is 35.3. The molecule has 2 aliphatic rings. The van der Waals surface area contributed by atoms with Crippen LogP contribution in [0.3, 0.4) is 0 Å². The summed E-state index contributed by atoms with van der Waals surface area (Å²) in [6.45, 7) is 3.25. The smallest absolute Gasteiger partial charge is 0.250 e. The van der Waals surface area contributed by atoms with Crippen molar-refractivity contribution in [3.63, 3.8) is 0 Å². The van der Waals surface area contributed by atoms with E-state index >= 15 is 0 Å². The zero-order valence-corrected chi connectivity index (χ0v) is 15.7. The van der Waals surface area contributed by atoms with Crippen molar-refractivity contribution in [1.82, 2.24) is 8.87 Å². The summed E-state index contributed by atoms with van der Waals surface area (Å²) in [4.78, 5) is 12.3. The number of nitrogens with zero attached hydrogens (tertiary/aromatic N) is 2. The molecule has 0 saturated carbocycles. The van der Waals surface area contributed by atoms with Crippen LogP contribution in [0.2, 0.25) is 0 Å². The fraction of sp³-hybridized carbons (Fsp3) is 0.421. The van der Waals surface area contributed by atoms with Crippen LogP contribution in [-0.2, 0) is 16.6 Å². The molecule has 2 aromatic rings. The maximum absolute atomic E-state index is 13.3. The summed E-state index contributed by atoms with van der Waals surface area (Å²) in [6, 6.07) is 10.5. The molecule has 1 aromatic heterocycles. The minimum absolute atomic E-state index is 0.00568. The van der Waals surface area contributed by atoms with Crippen molar-refractivity contribution in [2.24, 2.45) is 5.92 Å². The van der Waals surface area contributed by atoms with Gasteiger partial charge in [0.05, 0.1) is 7.11 Å². The summed E-state index contributed by atoms with van der Waals surface area (Å²) >= 11 is 0. The third-order valence-corrected chi connectivity index (χ3v) is 7.24. The van der Waals surface area contributed by atoms with Gasteiger partial charge in [-0.3, -0.25) is 4.79 Å². The zero-order valence-electron chi connectivity index (χ0n) is 14.9. The number of methoxy groups -OCH3 is 1. The molecular formula is C19H22N2O4S. The van der Waals surface area contributed by atoms with Crippen LogP contribution in [0, 0.1) is 12.8 Å². The summed E-state index contributed by atoms with van der Waals surface area (Å²) in [5.41, 5.74) is 1.80. The van der Waals surface area contributed by atoms with Crippen molar-refractivity contribution in [3.05, 3.63) is 58.0 Å². The van der Waals surface area contributed by atoms with E-state index in [0.29, 0.717) is 25.4 Å². The maximum Gasteiger partial charge on any atom is 0.250 e. The van der Waals surface area contributed by atoms with Crippen LogP contribution in [0.1, 0.15) is 23.6 Å². The fourth-order valence-electron chi connectivity index (χ4n) is 4.17. The van der Waals surface area contributed by atoms with Crippen molar-refractivity contribution in [2.45, 2.75) is 30.7 Å². The van der Waals surface area contributed by atoms with E-state index in [1.54, 1.807) is 33.1 Å². The fourth-order valence-corrected chi connectivity index (χ4v) is 5.98. The lowest BCUT2D eigenvalue weighted by Gasteiger charge is -2.42. The van der Waals surface area contributed by atoms with Crippen LogP contribution in [0.5, 0.6) is 5.75 Å². The van der Waals surface area contributed by atoms with Gasteiger partial charge in [0.25, 0.3) is 5.56 Å².